The zero-order valence-electron chi connectivity index (χ0n) is 19.0. The van der Waals surface area contributed by atoms with Crippen LogP contribution in [0.1, 0.15) is 27.9 Å². The van der Waals surface area contributed by atoms with Gasteiger partial charge in [0.15, 0.2) is 5.82 Å². The molecule has 4 rings (SSSR count). The Morgan fingerprint density at radius 1 is 0.969 bits per heavy atom. The first-order chi connectivity index (χ1) is 15.5. The Balaban J connectivity index is 1.46. The number of aromatic nitrogens is 3. The number of nitrogens with one attached hydrogen (secondary N) is 1. The second kappa shape index (κ2) is 9.30. The minimum atomic E-state index is -0.0864. The van der Waals surface area contributed by atoms with Crippen LogP contribution in [0, 0.1) is 13.8 Å². The molecule has 1 fully saturated rings. The summed E-state index contributed by atoms with van der Waals surface area (Å²) >= 11 is 0. The van der Waals surface area contributed by atoms with Crippen LogP contribution < -0.4 is 14.4 Å². The number of nitrogens with zero attached hydrogens (tertiary/aromatic N) is 4. The number of ether oxygens (including phenoxy) is 2. The molecule has 168 valence electrons. The molecular weight excluding hydrogens is 406 g/mol. The van der Waals surface area contributed by atoms with Crippen LogP contribution >= 0.6 is 0 Å². The lowest BCUT2D eigenvalue weighted by Crippen LogP contribution is -2.35. The molecule has 0 spiro atoms. The highest BCUT2D eigenvalue weighted by atomic mass is 16.5. The first kappa shape index (κ1) is 21.7. The molecule has 1 aromatic carbocycles. The van der Waals surface area contributed by atoms with Crippen molar-refractivity contribution in [1.82, 2.24) is 20.1 Å². The molecule has 1 saturated heterocycles. The number of pyridine rings is 1. The van der Waals surface area contributed by atoms with Crippen LogP contribution in [0.3, 0.4) is 0 Å². The second-order valence-electron chi connectivity index (χ2n) is 7.98. The molecule has 0 radical (unpaired) electrons. The average molecular weight is 436 g/mol. The molecule has 0 atom stereocenters. The number of benzene rings is 1. The number of aryl methyl sites for hydroxylation is 2. The molecule has 32 heavy (non-hydrogen) atoms. The van der Waals surface area contributed by atoms with Gasteiger partial charge in [-0.25, -0.2) is 0 Å². The van der Waals surface area contributed by atoms with E-state index in [1.165, 1.54) is 25.3 Å². The molecular formula is C24H29N5O3. The molecule has 1 aliphatic rings. The number of hydrogen-bond donors (Lipinski definition) is 1. The van der Waals surface area contributed by atoms with Crippen LogP contribution in [0.15, 0.2) is 36.4 Å². The van der Waals surface area contributed by atoms with Crippen molar-refractivity contribution in [2.45, 2.75) is 20.3 Å². The van der Waals surface area contributed by atoms with Crippen molar-refractivity contribution >= 4 is 11.7 Å². The molecule has 3 heterocycles. The van der Waals surface area contributed by atoms with E-state index in [1.54, 1.807) is 12.1 Å². The molecule has 0 saturated carbocycles. The van der Waals surface area contributed by atoms with Gasteiger partial charge < -0.3 is 19.3 Å². The summed E-state index contributed by atoms with van der Waals surface area (Å²) in [5.74, 6) is 1.51. The minimum Gasteiger partial charge on any atom is -0.481 e. The van der Waals surface area contributed by atoms with E-state index >= 15 is 0 Å². The standard InChI is InChI=1S/C24H29N5O3/c1-16-6-7-18(14-17(16)2)20-15-21(27-26-20)28-10-5-11-29(13-12-28)24(30)19-8-9-22(31-3)25-23(19)32-4/h6-9,14-15H,5,10-13H2,1-4H3,(H,26,27). The summed E-state index contributed by atoms with van der Waals surface area (Å²) < 4.78 is 10.5. The van der Waals surface area contributed by atoms with Crippen molar-refractivity contribution < 1.29 is 14.3 Å². The largest absolute Gasteiger partial charge is 0.481 e. The Hall–Kier alpha value is -3.55. The minimum absolute atomic E-state index is 0.0864. The number of H-pyrrole nitrogens is 1. The highest BCUT2D eigenvalue weighted by Crippen LogP contribution is 2.26. The lowest BCUT2D eigenvalue weighted by molar-refractivity contribution is 0.0762. The normalized spacial score (nSPS) is 14.2. The Kier molecular flexibility index (Phi) is 6.30. The van der Waals surface area contributed by atoms with E-state index in [4.69, 9.17) is 9.47 Å². The Bertz CT molecular complexity index is 1110. The quantitative estimate of drug-likeness (QED) is 0.661. The number of aromatic amines is 1. The second-order valence-corrected chi connectivity index (χ2v) is 7.98. The van der Waals surface area contributed by atoms with Crippen molar-refractivity contribution in [2.24, 2.45) is 0 Å². The monoisotopic (exact) mass is 435 g/mol. The van der Waals surface area contributed by atoms with Gasteiger partial charge in [0.05, 0.1) is 19.9 Å². The zero-order valence-corrected chi connectivity index (χ0v) is 19.0. The van der Waals surface area contributed by atoms with E-state index < -0.39 is 0 Å². The number of carbonyl (C=O) groups excluding carboxylic acids is 1. The van der Waals surface area contributed by atoms with Crippen molar-refractivity contribution in [2.75, 3.05) is 45.3 Å². The van der Waals surface area contributed by atoms with E-state index in [9.17, 15) is 4.79 Å². The Morgan fingerprint density at radius 3 is 2.56 bits per heavy atom. The molecule has 2 aromatic heterocycles. The molecule has 0 aliphatic carbocycles. The number of methoxy groups -OCH3 is 2. The van der Waals surface area contributed by atoms with E-state index in [0.29, 0.717) is 31.1 Å². The van der Waals surface area contributed by atoms with Gasteiger partial charge in [0.25, 0.3) is 5.91 Å². The van der Waals surface area contributed by atoms with Crippen molar-refractivity contribution in [3.63, 3.8) is 0 Å². The van der Waals surface area contributed by atoms with E-state index in [0.717, 1.165) is 30.0 Å². The van der Waals surface area contributed by atoms with Crippen molar-refractivity contribution in [1.29, 1.82) is 0 Å². The van der Waals surface area contributed by atoms with E-state index in [2.05, 4.69) is 58.2 Å². The van der Waals surface area contributed by atoms with Crippen molar-refractivity contribution in [3.05, 3.63) is 53.1 Å². The maximum Gasteiger partial charge on any atom is 0.259 e. The predicted molar refractivity (Wildman–Crippen MR) is 124 cm³/mol. The smallest absolute Gasteiger partial charge is 0.259 e. The van der Waals surface area contributed by atoms with Gasteiger partial charge in [-0.2, -0.15) is 10.1 Å². The number of rotatable bonds is 5. The van der Waals surface area contributed by atoms with Gasteiger partial charge in [0.2, 0.25) is 11.8 Å². The summed E-state index contributed by atoms with van der Waals surface area (Å²) in [4.78, 5) is 21.5. The third-order valence-electron chi connectivity index (χ3n) is 5.96. The van der Waals surface area contributed by atoms with Crippen LogP contribution in [-0.2, 0) is 0 Å². The van der Waals surface area contributed by atoms with Crippen LogP contribution in [-0.4, -0.2) is 66.4 Å². The summed E-state index contributed by atoms with van der Waals surface area (Å²) in [7, 11) is 3.04. The molecule has 0 unspecified atom stereocenters. The lowest BCUT2D eigenvalue weighted by Gasteiger charge is -2.22. The van der Waals surface area contributed by atoms with Crippen LogP contribution in [0.5, 0.6) is 11.8 Å². The lowest BCUT2D eigenvalue weighted by atomic mass is 10.0. The van der Waals surface area contributed by atoms with Gasteiger partial charge in [-0.05, 0) is 49.1 Å². The van der Waals surface area contributed by atoms with Crippen LogP contribution in [0.4, 0.5) is 5.82 Å². The maximum absolute atomic E-state index is 13.1. The number of amides is 1. The van der Waals surface area contributed by atoms with E-state index in [1.807, 2.05) is 4.90 Å². The highest BCUT2D eigenvalue weighted by molar-refractivity contribution is 5.96. The van der Waals surface area contributed by atoms with Gasteiger partial charge in [0.1, 0.15) is 5.56 Å². The van der Waals surface area contributed by atoms with Crippen molar-refractivity contribution in [3.8, 4) is 23.0 Å². The Labute approximate surface area is 188 Å². The van der Waals surface area contributed by atoms with Gasteiger partial charge in [-0.3, -0.25) is 9.89 Å². The van der Waals surface area contributed by atoms with E-state index in [-0.39, 0.29) is 11.8 Å². The molecule has 8 heteroatoms. The van der Waals surface area contributed by atoms with Crippen LogP contribution in [0.25, 0.3) is 11.3 Å². The molecule has 0 bridgehead atoms. The average Bonchev–Trinajstić information content (AvgIpc) is 3.18. The predicted octanol–water partition coefficient (Wildman–Crippen LogP) is 3.46. The summed E-state index contributed by atoms with van der Waals surface area (Å²) in [6.07, 6.45) is 0.851. The van der Waals surface area contributed by atoms with Gasteiger partial charge in [-0.1, -0.05) is 12.1 Å². The molecule has 1 aliphatic heterocycles. The first-order valence-corrected chi connectivity index (χ1v) is 10.8. The highest BCUT2D eigenvalue weighted by Gasteiger charge is 2.24. The third-order valence-corrected chi connectivity index (χ3v) is 5.96. The van der Waals surface area contributed by atoms with Gasteiger partial charge in [-0.15, -0.1) is 0 Å². The SMILES string of the molecule is COc1ccc(C(=O)N2CCCN(c3cc(-c4ccc(C)c(C)c4)[nH]n3)CC2)c(OC)n1. The summed E-state index contributed by atoms with van der Waals surface area (Å²) in [5.41, 5.74) is 5.09. The fourth-order valence-electron chi connectivity index (χ4n) is 3.91. The maximum atomic E-state index is 13.1. The number of carbonyl (C=O) groups is 1. The van der Waals surface area contributed by atoms with Gasteiger partial charge in [0, 0.05) is 38.3 Å². The molecule has 1 N–H and O–H groups in total. The Morgan fingerprint density at radius 2 is 1.81 bits per heavy atom. The summed E-state index contributed by atoms with van der Waals surface area (Å²) in [6.45, 7) is 7.02. The summed E-state index contributed by atoms with van der Waals surface area (Å²) in [6, 6.07) is 11.9. The first-order valence-electron chi connectivity index (χ1n) is 10.8. The molecule has 3 aromatic rings. The van der Waals surface area contributed by atoms with Gasteiger partial charge >= 0.3 is 0 Å². The zero-order chi connectivity index (χ0) is 22.7. The fraction of sp³-hybridized carbons (Fsp3) is 0.375. The number of anilines is 1. The fourth-order valence-corrected chi connectivity index (χ4v) is 3.91. The molecule has 1 amide bonds. The molecule has 8 nitrogen and oxygen atoms in total. The number of hydrogen-bond acceptors (Lipinski definition) is 6. The summed E-state index contributed by atoms with van der Waals surface area (Å²) in [5, 5.41) is 7.70. The van der Waals surface area contributed by atoms with Crippen LogP contribution in [0.2, 0.25) is 0 Å². The third kappa shape index (κ3) is 4.39. The topological polar surface area (TPSA) is 83.6 Å².